The molecule has 124 valence electrons. The van der Waals surface area contributed by atoms with Crippen molar-refractivity contribution in [2.75, 3.05) is 6.61 Å². The van der Waals surface area contributed by atoms with Gasteiger partial charge in [0.2, 0.25) is 5.78 Å². The molecule has 2 aliphatic carbocycles. The van der Waals surface area contributed by atoms with Crippen molar-refractivity contribution in [1.29, 1.82) is 0 Å². The predicted molar refractivity (Wildman–Crippen MR) is 88.8 cm³/mol. The summed E-state index contributed by atoms with van der Waals surface area (Å²) in [7, 11) is 0. The van der Waals surface area contributed by atoms with Crippen molar-refractivity contribution in [2.45, 2.75) is 18.9 Å². The molecule has 1 saturated carbocycles. The third-order valence-corrected chi connectivity index (χ3v) is 6.15. The number of ketones is 1. The van der Waals surface area contributed by atoms with Gasteiger partial charge in [0, 0.05) is 10.4 Å². The maximum atomic E-state index is 12.9. The maximum absolute atomic E-state index is 12.9. The SMILES string of the molecule is CCOC(=O)[C@@]12C(=O)C(=O)N[C@]1(c1ccc(Br)cc1)[C@@H]1C=CC[C@@H]12. The number of amides is 1. The van der Waals surface area contributed by atoms with Crippen LogP contribution in [-0.2, 0) is 24.7 Å². The van der Waals surface area contributed by atoms with E-state index in [4.69, 9.17) is 4.74 Å². The lowest BCUT2D eigenvalue weighted by Crippen LogP contribution is -2.73. The highest BCUT2D eigenvalue weighted by molar-refractivity contribution is 9.10. The molecule has 4 rings (SSSR count). The van der Waals surface area contributed by atoms with Crippen LogP contribution in [-0.4, -0.2) is 24.3 Å². The van der Waals surface area contributed by atoms with Crippen LogP contribution in [0.15, 0.2) is 40.9 Å². The van der Waals surface area contributed by atoms with Crippen molar-refractivity contribution < 1.29 is 19.1 Å². The van der Waals surface area contributed by atoms with Gasteiger partial charge in [0.05, 0.1) is 12.1 Å². The van der Waals surface area contributed by atoms with Crippen LogP contribution in [0.3, 0.4) is 0 Å². The smallest absolute Gasteiger partial charge is 0.323 e. The molecule has 0 radical (unpaired) electrons. The summed E-state index contributed by atoms with van der Waals surface area (Å²) in [5.41, 5.74) is -1.76. The first kappa shape index (κ1) is 15.6. The van der Waals surface area contributed by atoms with E-state index < -0.39 is 28.6 Å². The van der Waals surface area contributed by atoms with Crippen molar-refractivity contribution in [3.63, 3.8) is 0 Å². The molecule has 0 aromatic heterocycles. The molecule has 3 aliphatic rings. The van der Waals surface area contributed by atoms with Gasteiger partial charge in [-0.1, -0.05) is 40.2 Å². The lowest BCUT2D eigenvalue weighted by molar-refractivity contribution is -0.190. The third kappa shape index (κ3) is 1.53. The average Bonchev–Trinajstić information content (AvgIpc) is 3.07. The highest BCUT2D eigenvalue weighted by Gasteiger charge is 2.84. The monoisotopic (exact) mass is 389 g/mol. The fourth-order valence-corrected chi connectivity index (χ4v) is 5.07. The number of carbonyl (C=O) groups excluding carboxylic acids is 3. The van der Waals surface area contributed by atoms with Gasteiger partial charge in [0.25, 0.3) is 5.91 Å². The van der Waals surface area contributed by atoms with E-state index in [-0.39, 0.29) is 18.4 Å². The third-order valence-electron chi connectivity index (χ3n) is 5.62. The van der Waals surface area contributed by atoms with Crippen LogP contribution < -0.4 is 5.32 Å². The topological polar surface area (TPSA) is 72.5 Å². The van der Waals surface area contributed by atoms with Crippen molar-refractivity contribution in [3.8, 4) is 0 Å². The first-order chi connectivity index (χ1) is 11.5. The standard InChI is InChI=1S/C18H16BrNO4/c1-2-24-16(23)17-12-4-3-5-13(12)18(17,20-15(22)14(17)21)10-6-8-11(19)9-7-10/h3,5-9,12-13H,2,4H2,1H3,(H,20,22)/t12-,13+,17+,18+/m0/s1. The zero-order valence-corrected chi connectivity index (χ0v) is 14.6. The molecule has 1 saturated heterocycles. The Bertz CT molecular complexity index is 787. The molecule has 1 N–H and O–H groups in total. The summed E-state index contributed by atoms with van der Waals surface area (Å²) in [6.45, 7) is 1.87. The molecule has 1 amide bonds. The van der Waals surface area contributed by atoms with Crippen LogP contribution in [0, 0.1) is 17.3 Å². The van der Waals surface area contributed by atoms with E-state index >= 15 is 0 Å². The number of hydrogen-bond acceptors (Lipinski definition) is 4. The minimum atomic E-state index is -1.47. The van der Waals surface area contributed by atoms with Gasteiger partial charge in [-0.15, -0.1) is 0 Å². The van der Waals surface area contributed by atoms with Gasteiger partial charge >= 0.3 is 5.97 Å². The van der Waals surface area contributed by atoms with Gasteiger partial charge in [0.1, 0.15) is 0 Å². The van der Waals surface area contributed by atoms with E-state index in [1.165, 1.54) is 0 Å². The van der Waals surface area contributed by atoms with E-state index in [0.717, 1.165) is 10.0 Å². The number of halogens is 1. The van der Waals surface area contributed by atoms with Gasteiger partial charge in [-0.25, -0.2) is 0 Å². The van der Waals surface area contributed by atoms with Gasteiger partial charge < -0.3 is 10.1 Å². The quantitative estimate of drug-likeness (QED) is 0.371. The second-order valence-corrected chi connectivity index (χ2v) is 7.34. The molecule has 24 heavy (non-hydrogen) atoms. The molecular formula is C18H16BrNO4. The Hall–Kier alpha value is -1.95. The number of benzene rings is 1. The normalized spacial score (nSPS) is 35.9. The number of nitrogens with one attached hydrogen (secondary N) is 1. The molecular weight excluding hydrogens is 374 g/mol. The number of fused-ring (bicyclic) bond motifs is 4. The van der Waals surface area contributed by atoms with E-state index in [9.17, 15) is 14.4 Å². The van der Waals surface area contributed by atoms with Gasteiger partial charge in [-0.3, -0.25) is 14.4 Å². The Morgan fingerprint density at radius 1 is 1.33 bits per heavy atom. The highest BCUT2D eigenvalue weighted by atomic mass is 79.9. The summed E-state index contributed by atoms with van der Waals surface area (Å²) in [6.07, 6.45) is 4.58. The Labute approximate surface area is 147 Å². The van der Waals surface area contributed by atoms with E-state index in [0.29, 0.717) is 6.42 Å². The number of rotatable bonds is 3. The van der Waals surface area contributed by atoms with Crippen LogP contribution in [0.5, 0.6) is 0 Å². The minimum Gasteiger partial charge on any atom is -0.465 e. The first-order valence-corrected chi connectivity index (χ1v) is 8.76. The summed E-state index contributed by atoms with van der Waals surface area (Å²) in [6, 6.07) is 7.39. The van der Waals surface area contributed by atoms with Crippen LogP contribution in [0.4, 0.5) is 0 Å². The number of Topliss-reactive ketones (excluding diaryl/α,β-unsaturated/α-hetero) is 1. The Morgan fingerprint density at radius 3 is 2.71 bits per heavy atom. The molecule has 0 unspecified atom stereocenters. The molecule has 1 aromatic carbocycles. The Balaban J connectivity index is 1.95. The lowest BCUT2D eigenvalue weighted by Gasteiger charge is -2.60. The molecule has 0 bridgehead atoms. The lowest BCUT2D eigenvalue weighted by atomic mass is 9.41. The molecule has 1 heterocycles. The fraction of sp³-hybridized carbons (Fsp3) is 0.389. The summed E-state index contributed by atoms with van der Waals surface area (Å²) >= 11 is 3.39. The number of carbonyl (C=O) groups is 3. The van der Waals surface area contributed by atoms with Gasteiger partial charge in [-0.2, -0.15) is 0 Å². The van der Waals surface area contributed by atoms with Crippen LogP contribution in [0.2, 0.25) is 0 Å². The Kier molecular flexibility index (Phi) is 3.26. The summed E-state index contributed by atoms with van der Waals surface area (Å²) in [4.78, 5) is 38.1. The van der Waals surface area contributed by atoms with Gasteiger partial charge in [-0.05, 0) is 37.0 Å². The zero-order chi connectivity index (χ0) is 17.1. The van der Waals surface area contributed by atoms with Crippen molar-refractivity contribution in [2.24, 2.45) is 17.3 Å². The second-order valence-electron chi connectivity index (χ2n) is 6.42. The maximum Gasteiger partial charge on any atom is 0.323 e. The van der Waals surface area contributed by atoms with Crippen LogP contribution in [0.25, 0.3) is 0 Å². The number of esters is 1. The molecule has 0 spiro atoms. The molecule has 1 aromatic rings. The average molecular weight is 390 g/mol. The predicted octanol–water partition coefficient (Wildman–Crippen LogP) is 2.10. The molecule has 6 heteroatoms. The molecule has 4 atom stereocenters. The minimum absolute atomic E-state index is 0.0847. The fourth-order valence-electron chi connectivity index (χ4n) is 4.80. The van der Waals surface area contributed by atoms with Crippen LogP contribution in [0.1, 0.15) is 18.9 Å². The van der Waals surface area contributed by atoms with E-state index in [2.05, 4.69) is 21.2 Å². The van der Waals surface area contributed by atoms with Crippen molar-refractivity contribution in [3.05, 3.63) is 46.5 Å². The first-order valence-electron chi connectivity index (χ1n) is 7.97. The summed E-state index contributed by atoms with van der Waals surface area (Å²) in [5, 5.41) is 2.85. The number of ether oxygens (including phenoxy) is 1. The van der Waals surface area contributed by atoms with E-state index in [1.54, 1.807) is 6.92 Å². The van der Waals surface area contributed by atoms with Crippen molar-refractivity contribution >= 4 is 33.6 Å². The summed E-state index contributed by atoms with van der Waals surface area (Å²) in [5.74, 6) is -2.28. The second kappa shape index (κ2) is 5.02. The summed E-state index contributed by atoms with van der Waals surface area (Å²) < 4.78 is 6.15. The van der Waals surface area contributed by atoms with E-state index in [1.807, 2.05) is 36.4 Å². The largest absolute Gasteiger partial charge is 0.465 e. The Morgan fingerprint density at radius 2 is 2.04 bits per heavy atom. The highest BCUT2D eigenvalue weighted by Crippen LogP contribution is 2.70. The number of hydrogen-bond donors (Lipinski definition) is 1. The van der Waals surface area contributed by atoms with Crippen LogP contribution >= 0.6 is 15.9 Å². The van der Waals surface area contributed by atoms with Gasteiger partial charge in [0.15, 0.2) is 5.41 Å². The number of allylic oxidation sites excluding steroid dienone is 1. The zero-order valence-electron chi connectivity index (χ0n) is 13.0. The molecule has 5 nitrogen and oxygen atoms in total. The molecule has 2 fully saturated rings. The molecule has 1 aliphatic heterocycles. The van der Waals surface area contributed by atoms with Crippen molar-refractivity contribution in [1.82, 2.24) is 5.32 Å².